The number of thiazole rings is 1. The Hall–Kier alpha value is -1.20. The lowest BCUT2D eigenvalue weighted by atomic mass is 10.1. The minimum Gasteiger partial charge on any atom is -0.375 e. The van der Waals surface area contributed by atoms with E-state index in [1.54, 1.807) is 0 Å². The van der Waals surface area contributed by atoms with Crippen molar-refractivity contribution < 1.29 is 8.78 Å². The zero-order valence-corrected chi connectivity index (χ0v) is 9.75. The number of nitrogens with zero attached hydrogens (tertiary/aromatic N) is 1. The van der Waals surface area contributed by atoms with Crippen LogP contribution < -0.4 is 5.73 Å². The first-order valence-electron chi connectivity index (χ1n) is 4.30. The highest BCUT2D eigenvalue weighted by Gasteiger charge is 2.10. The van der Waals surface area contributed by atoms with Gasteiger partial charge in [0.1, 0.15) is 11.6 Å². The topological polar surface area (TPSA) is 38.9 Å². The van der Waals surface area contributed by atoms with E-state index in [1.807, 2.05) is 0 Å². The predicted octanol–water partition coefficient (Wildman–Crippen LogP) is 3.02. The van der Waals surface area contributed by atoms with Gasteiger partial charge in [-0.3, -0.25) is 0 Å². The summed E-state index contributed by atoms with van der Waals surface area (Å²) in [6.45, 7) is 0. The molecule has 0 unspecified atom stereocenters. The van der Waals surface area contributed by atoms with Crippen LogP contribution in [-0.4, -0.2) is 4.98 Å². The van der Waals surface area contributed by atoms with E-state index in [1.165, 1.54) is 35.7 Å². The normalized spacial score (nSPS) is 9.88. The summed E-state index contributed by atoms with van der Waals surface area (Å²) in [4.78, 5) is 4.57. The van der Waals surface area contributed by atoms with Crippen molar-refractivity contribution in [1.82, 2.24) is 4.98 Å². The SMILES string of the molecule is Cl.Nc1ncc(Cc2c(F)cccc2F)s1. The van der Waals surface area contributed by atoms with Gasteiger partial charge in [0, 0.05) is 23.1 Å². The zero-order valence-electron chi connectivity index (χ0n) is 8.11. The van der Waals surface area contributed by atoms with Gasteiger partial charge in [0.2, 0.25) is 0 Å². The average Bonchev–Trinajstić information content (AvgIpc) is 2.58. The number of nitrogens with two attached hydrogens (primary N) is 1. The molecular formula is C10H9ClF2N2S. The van der Waals surface area contributed by atoms with E-state index in [2.05, 4.69) is 4.98 Å². The van der Waals surface area contributed by atoms with Crippen LogP contribution in [0, 0.1) is 11.6 Å². The Morgan fingerprint density at radius 1 is 1.25 bits per heavy atom. The molecule has 0 saturated carbocycles. The predicted molar refractivity (Wildman–Crippen MR) is 62.9 cm³/mol. The fourth-order valence-corrected chi connectivity index (χ4v) is 1.98. The average molecular weight is 263 g/mol. The van der Waals surface area contributed by atoms with Crippen molar-refractivity contribution in [2.45, 2.75) is 6.42 Å². The van der Waals surface area contributed by atoms with Crippen molar-refractivity contribution in [3.63, 3.8) is 0 Å². The van der Waals surface area contributed by atoms with E-state index in [-0.39, 0.29) is 24.4 Å². The Labute approximate surface area is 102 Å². The van der Waals surface area contributed by atoms with E-state index < -0.39 is 11.6 Å². The first kappa shape index (κ1) is 12.9. The maximum atomic E-state index is 13.3. The lowest BCUT2D eigenvalue weighted by Crippen LogP contribution is -1.95. The molecular weight excluding hydrogens is 254 g/mol. The standard InChI is InChI=1S/C10H8F2N2S.ClH/c11-8-2-1-3-9(12)7(8)4-6-5-14-10(13)15-6;/h1-3,5H,4H2,(H2,13,14);1H. The molecule has 0 aliphatic heterocycles. The van der Waals surface area contributed by atoms with Crippen LogP contribution in [0.4, 0.5) is 13.9 Å². The molecule has 0 saturated heterocycles. The molecule has 2 nitrogen and oxygen atoms in total. The first-order valence-corrected chi connectivity index (χ1v) is 5.11. The van der Waals surface area contributed by atoms with Crippen molar-refractivity contribution in [2.24, 2.45) is 0 Å². The van der Waals surface area contributed by atoms with Gasteiger partial charge in [0.15, 0.2) is 5.13 Å². The molecule has 2 aromatic rings. The lowest BCUT2D eigenvalue weighted by Gasteiger charge is -2.01. The number of aromatic nitrogens is 1. The largest absolute Gasteiger partial charge is 0.375 e. The summed E-state index contributed by atoms with van der Waals surface area (Å²) in [5.41, 5.74) is 5.48. The minimum atomic E-state index is -0.540. The maximum absolute atomic E-state index is 13.3. The smallest absolute Gasteiger partial charge is 0.180 e. The first-order chi connectivity index (χ1) is 7.16. The molecule has 1 aromatic heterocycles. The molecule has 2 rings (SSSR count). The van der Waals surface area contributed by atoms with Crippen LogP contribution in [0.3, 0.4) is 0 Å². The zero-order chi connectivity index (χ0) is 10.8. The van der Waals surface area contributed by atoms with Crippen LogP contribution in [0.1, 0.15) is 10.4 Å². The third-order valence-corrected chi connectivity index (χ3v) is 2.81. The van der Waals surface area contributed by atoms with Crippen LogP contribution in [0.2, 0.25) is 0 Å². The fourth-order valence-electron chi connectivity index (χ4n) is 1.28. The number of hydrogen-bond donors (Lipinski definition) is 1. The molecule has 0 spiro atoms. The quantitative estimate of drug-likeness (QED) is 0.904. The van der Waals surface area contributed by atoms with Gasteiger partial charge in [-0.25, -0.2) is 13.8 Å². The van der Waals surface area contributed by atoms with E-state index in [0.29, 0.717) is 5.13 Å². The number of halogens is 3. The van der Waals surface area contributed by atoms with E-state index in [9.17, 15) is 8.78 Å². The highest BCUT2D eigenvalue weighted by molar-refractivity contribution is 7.15. The van der Waals surface area contributed by atoms with Crippen LogP contribution in [0.15, 0.2) is 24.4 Å². The Bertz CT molecular complexity index is 467. The van der Waals surface area contributed by atoms with Crippen LogP contribution in [0.5, 0.6) is 0 Å². The van der Waals surface area contributed by atoms with E-state index in [0.717, 1.165) is 4.88 Å². The molecule has 0 fully saturated rings. The second kappa shape index (κ2) is 5.23. The van der Waals surface area contributed by atoms with Gasteiger partial charge in [-0.05, 0) is 12.1 Å². The number of anilines is 1. The molecule has 1 aromatic carbocycles. The summed E-state index contributed by atoms with van der Waals surface area (Å²) in [5.74, 6) is -1.08. The number of nitrogen functional groups attached to an aromatic ring is 1. The molecule has 0 amide bonds. The highest BCUT2D eigenvalue weighted by atomic mass is 35.5. The van der Waals surface area contributed by atoms with Gasteiger partial charge in [0.05, 0.1) is 0 Å². The number of rotatable bonds is 2. The Morgan fingerprint density at radius 2 is 1.88 bits per heavy atom. The van der Waals surface area contributed by atoms with Crippen molar-refractivity contribution >= 4 is 28.9 Å². The Balaban J connectivity index is 0.00000128. The Kier molecular flexibility index (Phi) is 4.20. The summed E-state index contributed by atoms with van der Waals surface area (Å²) in [6.07, 6.45) is 1.72. The van der Waals surface area contributed by atoms with Crippen molar-refractivity contribution in [3.05, 3.63) is 46.5 Å². The third-order valence-electron chi connectivity index (χ3n) is 1.98. The third kappa shape index (κ3) is 2.68. The van der Waals surface area contributed by atoms with Gasteiger partial charge < -0.3 is 5.73 Å². The molecule has 16 heavy (non-hydrogen) atoms. The fraction of sp³-hybridized carbons (Fsp3) is 0.100. The maximum Gasteiger partial charge on any atom is 0.180 e. The van der Waals surface area contributed by atoms with Crippen molar-refractivity contribution in [2.75, 3.05) is 5.73 Å². The second-order valence-corrected chi connectivity index (χ2v) is 4.19. The molecule has 86 valence electrons. The molecule has 1 heterocycles. The van der Waals surface area contributed by atoms with Crippen LogP contribution in [-0.2, 0) is 6.42 Å². The molecule has 0 atom stereocenters. The number of benzene rings is 1. The van der Waals surface area contributed by atoms with Crippen molar-refractivity contribution in [1.29, 1.82) is 0 Å². The van der Waals surface area contributed by atoms with Gasteiger partial charge in [-0.1, -0.05) is 6.07 Å². The summed E-state index contributed by atoms with van der Waals surface area (Å²) in [6, 6.07) is 3.82. The molecule has 0 aliphatic carbocycles. The number of hydrogen-bond acceptors (Lipinski definition) is 3. The molecule has 2 N–H and O–H groups in total. The lowest BCUT2D eigenvalue weighted by molar-refractivity contribution is 0.562. The van der Waals surface area contributed by atoms with Gasteiger partial charge >= 0.3 is 0 Å². The summed E-state index contributed by atoms with van der Waals surface area (Å²) < 4.78 is 26.5. The molecule has 6 heteroatoms. The van der Waals surface area contributed by atoms with Crippen LogP contribution >= 0.6 is 23.7 Å². The monoisotopic (exact) mass is 262 g/mol. The van der Waals surface area contributed by atoms with E-state index in [4.69, 9.17) is 5.73 Å². The molecule has 0 radical (unpaired) electrons. The van der Waals surface area contributed by atoms with Gasteiger partial charge in [-0.15, -0.1) is 23.7 Å². The van der Waals surface area contributed by atoms with Gasteiger partial charge in [-0.2, -0.15) is 0 Å². The molecule has 0 aliphatic rings. The van der Waals surface area contributed by atoms with Crippen molar-refractivity contribution in [3.8, 4) is 0 Å². The van der Waals surface area contributed by atoms with E-state index >= 15 is 0 Å². The minimum absolute atomic E-state index is 0. The van der Waals surface area contributed by atoms with Gasteiger partial charge in [0.25, 0.3) is 0 Å². The van der Waals surface area contributed by atoms with Crippen LogP contribution in [0.25, 0.3) is 0 Å². The summed E-state index contributed by atoms with van der Waals surface area (Å²) in [7, 11) is 0. The summed E-state index contributed by atoms with van der Waals surface area (Å²) >= 11 is 1.23. The Morgan fingerprint density at radius 3 is 2.38 bits per heavy atom. The highest BCUT2D eigenvalue weighted by Crippen LogP contribution is 2.21. The molecule has 0 bridgehead atoms. The summed E-state index contributed by atoms with van der Waals surface area (Å²) in [5, 5.41) is 0.404. The second-order valence-electron chi connectivity index (χ2n) is 3.04.